The van der Waals surface area contributed by atoms with Crippen LogP contribution in [0.25, 0.3) is 11.1 Å². The van der Waals surface area contributed by atoms with Crippen molar-refractivity contribution < 1.29 is 23.1 Å². The monoisotopic (exact) mass is 403 g/mol. The molecule has 148 valence electrons. The van der Waals surface area contributed by atoms with Crippen LogP contribution in [0, 0.1) is 0 Å². The van der Waals surface area contributed by atoms with Gasteiger partial charge in [0.25, 0.3) is 0 Å². The number of carbonyl (C=O) groups excluding carboxylic acids is 1. The quantitative estimate of drug-likeness (QED) is 0.656. The molecule has 2 aromatic rings. The lowest BCUT2D eigenvalue weighted by atomic mass is 10.1. The Morgan fingerprint density at radius 1 is 1.11 bits per heavy atom. The predicted octanol–water partition coefficient (Wildman–Crippen LogP) is 2.34. The molecule has 0 unspecified atom stereocenters. The van der Waals surface area contributed by atoms with Gasteiger partial charge in [-0.3, -0.25) is 4.79 Å². The lowest BCUT2D eigenvalue weighted by Gasteiger charge is -2.15. The van der Waals surface area contributed by atoms with Gasteiger partial charge in [-0.2, -0.15) is 4.31 Å². The van der Waals surface area contributed by atoms with Crippen molar-refractivity contribution in [1.29, 1.82) is 0 Å². The minimum absolute atomic E-state index is 0.00131. The van der Waals surface area contributed by atoms with E-state index in [9.17, 15) is 18.0 Å². The normalized spacial score (nSPS) is 13.9. The third-order valence-electron chi connectivity index (χ3n) is 4.27. The van der Waals surface area contributed by atoms with Crippen molar-refractivity contribution in [1.82, 2.24) is 9.62 Å². The Morgan fingerprint density at radius 3 is 2.39 bits per heavy atom. The van der Waals surface area contributed by atoms with Gasteiger partial charge in [0.15, 0.2) is 0 Å². The Balaban J connectivity index is 1.82. The van der Waals surface area contributed by atoms with Crippen LogP contribution in [0.2, 0.25) is 0 Å². The third-order valence-corrected chi connectivity index (χ3v) is 6.07. The SMILES string of the molecule is CN(CC(=O)O)S(=O)(=O)c1cccc(-c2cccc(NC(=O)NC3CC3)c2)c1. The first-order valence-corrected chi connectivity index (χ1v) is 10.2. The van der Waals surface area contributed by atoms with E-state index in [1.54, 1.807) is 36.4 Å². The Kier molecular flexibility index (Phi) is 5.66. The highest BCUT2D eigenvalue weighted by Crippen LogP contribution is 2.26. The predicted molar refractivity (Wildman–Crippen MR) is 105 cm³/mol. The van der Waals surface area contributed by atoms with Gasteiger partial charge in [0, 0.05) is 18.8 Å². The number of urea groups is 1. The van der Waals surface area contributed by atoms with Gasteiger partial charge < -0.3 is 15.7 Å². The van der Waals surface area contributed by atoms with Crippen LogP contribution in [-0.2, 0) is 14.8 Å². The molecule has 28 heavy (non-hydrogen) atoms. The van der Waals surface area contributed by atoms with Crippen molar-refractivity contribution in [2.24, 2.45) is 0 Å². The number of sulfonamides is 1. The van der Waals surface area contributed by atoms with Gasteiger partial charge in [-0.05, 0) is 48.2 Å². The largest absolute Gasteiger partial charge is 0.480 e. The molecular formula is C19H21N3O5S. The van der Waals surface area contributed by atoms with Crippen molar-refractivity contribution >= 4 is 27.7 Å². The van der Waals surface area contributed by atoms with Crippen LogP contribution < -0.4 is 10.6 Å². The molecule has 0 bridgehead atoms. The van der Waals surface area contributed by atoms with E-state index < -0.39 is 22.5 Å². The van der Waals surface area contributed by atoms with E-state index >= 15 is 0 Å². The highest BCUT2D eigenvalue weighted by Gasteiger charge is 2.24. The number of carboxylic acid groups (broad SMARTS) is 1. The Hall–Kier alpha value is -2.91. The number of benzene rings is 2. The average Bonchev–Trinajstić information content (AvgIpc) is 3.45. The molecule has 1 aliphatic carbocycles. The van der Waals surface area contributed by atoms with Crippen LogP contribution in [0.4, 0.5) is 10.5 Å². The molecular weight excluding hydrogens is 382 g/mol. The van der Waals surface area contributed by atoms with Crippen LogP contribution in [0.3, 0.4) is 0 Å². The molecule has 8 nitrogen and oxygen atoms in total. The summed E-state index contributed by atoms with van der Waals surface area (Å²) in [7, 11) is -2.71. The number of carbonyl (C=O) groups is 2. The summed E-state index contributed by atoms with van der Waals surface area (Å²) in [5.41, 5.74) is 1.95. The lowest BCUT2D eigenvalue weighted by Crippen LogP contribution is -2.32. The summed E-state index contributed by atoms with van der Waals surface area (Å²) in [5.74, 6) is -1.23. The van der Waals surface area contributed by atoms with Crippen LogP contribution >= 0.6 is 0 Å². The summed E-state index contributed by atoms with van der Waals surface area (Å²) in [4.78, 5) is 22.7. The minimum Gasteiger partial charge on any atom is -0.480 e. The van der Waals surface area contributed by atoms with Crippen LogP contribution in [0.5, 0.6) is 0 Å². The van der Waals surface area contributed by atoms with Gasteiger partial charge in [-0.15, -0.1) is 0 Å². The van der Waals surface area contributed by atoms with Gasteiger partial charge in [-0.25, -0.2) is 13.2 Å². The van der Waals surface area contributed by atoms with E-state index in [1.165, 1.54) is 19.2 Å². The van der Waals surface area contributed by atoms with E-state index in [0.717, 1.165) is 22.7 Å². The summed E-state index contributed by atoms with van der Waals surface area (Å²) in [6.07, 6.45) is 1.98. The Morgan fingerprint density at radius 2 is 1.75 bits per heavy atom. The molecule has 0 aliphatic heterocycles. The lowest BCUT2D eigenvalue weighted by molar-refractivity contribution is -0.137. The fourth-order valence-electron chi connectivity index (χ4n) is 2.65. The second-order valence-corrected chi connectivity index (χ2v) is 8.68. The molecule has 1 saturated carbocycles. The maximum atomic E-state index is 12.6. The number of hydrogen-bond acceptors (Lipinski definition) is 4. The van der Waals surface area contributed by atoms with E-state index in [4.69, 9.17) is 5.11 Å². The molecule has 1 fully saturated rings. The molecule has 2 amide bonds. The Bertz CT molecular complexity index is 1000. The molecule has 0 spiro atoms. The van der Waals surface area contributed by atoms with Gasteiger partial charge in [0.05, 0.1) is 4.90 Å². The zero-order valence-electron chi connectivity index (χ0n) is 15.3. The van der Waals surface area contributed by atoms with Gasteiger partial charge in [0.1, 0.15) is 6.54 Å². The van der Waals surface area contributed by atoms with Crippen molar-refractivity contribution in [2.45, 2.75) is 23.8 Å². The van der Waals surface area contributed by atoms with Gasteiger partial charge >= 0.3 is 12.0 Å². The number of hydrogen-bond donors (Lipinski definition) is 3. The second-order valence-electron chi connectivity index (χ2n) is 6.64. The first-order valence-electron chi connectivity index (χ1n) is 8.72. The molecule has 1 aliphatic rings. The maximum Gasteiger partial charge on any atom is 0.319 e. The topological polar surface area (TPSA) is 116 Å². The highest BCUT2D eigenvalue weighted by atomic mass is 32.2. The number of rotatable bonds is 7. The number of nitrogens with zero attached hydrogens (tertiary/aromatic N) is 1. The number of nitrogens with one attached hydrogen (secondary N) is 2. The molecule has 0 atom stereocenters. The number of aliphatic carboxylic acids is 1. The fraction of sp³-hybridized carbons (Fsp3) is 0.263. The van der Waals surface area contributed by atoms with E-state index in [-0.39, 0.29) is 17.0 Å². The van der Waals surface area contributed by atoms with Crippen LogP contribution in [-0.4, -0.2) is 49.5 Å². The summed E-state index contributed by atoms with van der Waals surface area (Å²) < 4.78 is 25.9. The third kappa shape index (κ3) is 4.87. The molecule has 9 heteroatoms. The summed E-state index contributed by atoms with van der Waals surface area (Å²) in [6.45, 7) is -0.623. The standard InChI is InChI=1S/C19H21N3O5S/c1-22(12-18(23)24)28(26,27)17-7-3-5-14(11-17)13-4-2-6-16(10-13)21-19(25)20-15-8-9-15/h2-7,10-11,15H,8-9,12H2,1H3,(H,23,24)(H2,20,21,25). The van der Waals surface area contributed by atoms with Crippen LogP contribution in [0.1, 0.15) is 12.8 Å². The summed E-state index contributed by atoms with van der Waals surface area (Å²) in [5, 5.41) is 14.4. The molecule has 2 aromatic carbocycles. The first-order chi connectivity index (χ1) is 13.3. The maximum absolute atomic E-state index is 12.6. The van der Waals surface area contributed by atoms with Crippen molar-refractivity contribution in [3.63, 3.8) is 0 Å². The van der Waals surface area contributed by atoms with E-state index in [2.05, 4.69) is 10.6 Å². The fourth-order valence-corrected chi connectivity index (χ4v) is 3.81. The number of carboxylic acids is 1. The smallest absolute Gasteiger partial charge is 0.319 e. The zero-order chi connectivity index (χ0) is 20.3. The number of anilines is 1. The first kappa shape index (κ1) is 19.8. The van der Waals surface area contributed by atoms with Crippen molar-refractivity contribution in [2.75, 3.05) is 18.9 Å². The molecule has 0 radical (unpaired) electrons. The molecule has 3 N–H and O–H groups in total. The second kappa shape index (κ2) is 7.99. The Labute approximate surface area is 163 Å². The molecule has 0 saturated heterocycles. The molecule has 0 heterocycles. The highest BCUT2D eigenvalue weighted by molar-refractivity contribution is 7.89. The van der Waals surface area contributed by atoms with Gasteiger partial charge in [-0.1, -0.05) is 24.3 Å². The van der Waals surface area contributed by atoms with Crippen molar-refractivity contribution in [3.8, 4) is 11.1 Å². The average molecular weight is 403 g/mol. The van der Waals surface area contributed by atoms with Crippen LogP contribution in [0.15, 0.2) is 53.4 Å². The molecule has 3 rings (SSSR count). The van der Waals surface area contributed by atoms with Gasteiger partial charge in [0.2, 0.25) is 10.0 Å². The summed E-state index contributed by atoms with van der Waals surface area (Å²) >= 11 is 0. The van der Waals surface area contributed by atoms with E-state index in [1.807, 2.05) is 0 Å². The zero-order valence-corrected chi connectivity index (χ0v) is 16.1. The number of amides is 2. The summed E-state index contributed by atoms with van der Waals surface area (Å²) in [6, 6.07) is 13.3. The van der Waals surface area contributed by atoms with Crippen molar-refractivity contribution in [3.05, 3.63) is 48.5 Å². The van der Waals surface area contributed by atoms with E-state index in [0.29, 0.717) is 11.3 Å². The molecule has 0 aromatic heterocycles. The number of likely N-dealkylation sites (N-methyl/N-ethyl adjacent to an activating group) is 1. The minimum atomic E-state index is -3.93.